The van der Waals surface area contributed by atoms with Gasteiger partial charge in [0.2, 0.25) is 0 Å². The Morgan fingerprint density at radius 3 is 2.29 bits per heavy atom. The summed E-state index contributed by atoms with van der Waals surface area (Å²) in [5.41, 5.74) is 3.71. The number of benzene rings is 3. The van der Waals surface area contributed by atoms with Gasteiger partial charge in [-0.25, -0.2) is 12.7 Å². The molecule has 1 saturated carbocycles. The molecular weight excluding hydrogens is 500 g/mol. The number of anilines is 2. The Balaban J connectivity index is 1.40. The summed E-state index contributed by atoms with van der Waals surface area (Å²) in [5.74, 6) is 0.502. The van der Waals surface area contributed by atoms with E-state index in [1.165, 1.54) is 18.2 Å². The summed E-state index contributed by atoms with van der Waals surface area (Å²) in [7, 11) is -2.77. The second-order valence-electron chi connectivity index (χ2n) is 10.3. The number of rotatable bonds is 6. The van der Waals surface area contributed by atoms with Gasteiger partial charge in [-0.05, 0) is 66.8 Å². The van der Waals surface area contributed by atoms with E-state index in [9.17, 15) is 13.2 Å². The highest BCUT2D eigenvalue weighted by atomic mass is 32.2. The molecule has 1 amide bonds. The second kappa shape index (κ2) is 9.34. The SMILES string of the molecule is CCOc1ccc2c(c1)C1(CCCCC1)C(=O)N2S(=O)(=O)c1ccc(N2Cc3ccccc3C2)cc1OC. The zero-order valence-electron chi connectivity index (χ0n) is 21.8. The second-order valence-corrected chi connectivity index (χ2v) is 12.0. The first-order chi connectivity index (χ1) is 18.4. The van der Waals surface area contributed by atoms with Gasteiger partial charge in [0.25, 0.3) is 15.9 Å². The van der Waals surface area contributed by atoms with Gasteiger partial charge in [0.05, 0.1) is 24.8 Å². The minimum Gasteiger partial charge on any atom is -0.495 e. The van der Waals surface area contributed by atoms with Gasteiger partial charge in [0.15, 0.2) is 0 Å². The molecule has 1 spiro atoms. The lowest BCUT2D eigenvalue weighted by Gasteiger charge is -2.32. The Morgan fingerprint density at radius 1 is 0.921 bits per heavy atom. The van der Waals surface area contributed by atoms with Crippen LogP contribution in [0.15, 0.2) is 65.6 Å². The fraction of sp³-hybridized carbons (Fsp3) is 0.367. The molecule has 8 heteroatoms. The number of hydrogen-bond donors (Lipinski definition) is 0. The fourth-order valence-electron chi connectivity index (χ4n) is 6.31. The molecule has 198 valence electrons. The molecule has 0 atom stereocenters. The summed E-state index contributed by atoms with van der Waals surface area (Å²) < 4.78 is 40.8. The van der Waals surface area contributed by atoms with Crippen molar-refractivity contribution in [2.45, 2.75) is 62.4 Å². The molecule has 0 saturated heterocycles. The van der Waals surface area contributed by atoms with Crippen molar-refractivity contribution in [1.29, 1.82) is 0 Å². The van der Waals surface area contributed by atoms with Crippen LogP contribution in [-0.4, -0.2) is 28.0 Å². The first kappa shape index (κ1) is 24.8. The number of methoxy groups -OCH3 is 1. The van der Waals surface area contributed by atoms with E-state index in [4.69, 9.17) is 9.47 Å². The van der Waals surface area contributed by atoms with Crippen LogP contribution in [0, 0.1) is 0 Å². The number of sulfonamides is 1. The van der Waals surface area contributed by atoms with Crippen molar-refractivity contribution in [1.82, 2.24) is 0 Å². The summed E-state index contributed by atoms with van der Waals surface area (Å²) in [6.07, 6.45) is 4.07. The smallest absolute Gasteiger partial charge is 0.274 e. The first-order valence-electron chi connectivity index (χ1n) is 13.3. The average molecular weight is 533 g/mol. The standard InChI is InChI=1S/C30H32N2O5S/c1-3-37-24-12-13-26-25(18-24)30(15-7-4-8-16-30)29(33)32(26)38(34,35)28-14-11-23(17-27(28)36-2)31-19-21-9-5-6-10-22(21)20-31/h5-6,9-14,17-18H,3-4,7-8,15-16,19-20H2,1-2H3. The zero-order chi connectivity index (χ0) is 26.5. The van der Waals surface area contributed by atoms with Gasteiger partial charge in [-0.15, -0.1) is 0 Å². The molecule has 1 fully saturated rings. The molecule has 0 radical (unpaired) electrons. The van der Waals surface area contributed by atoms with Crippen LogP contribution < -0.4 is 18.7 Å². The molecule has 0 unspecified atom stereocenters. The van der Waals surface area contributed by atoms with Gasteiger partial charge in [-0.1, -0.05) is 43.5 Å². The first-order valence-corrected chi connectivity index (χ1v) is 14.7. The third kappa shape index (κ3) is 3.76. The maximum Gasteiger partial charge on any atom is 0.274 e. The molecular formula is C30H32N2O5S. The summed E-state index contributed by atoms with van der Waals surface area (Å²) in [6, 6.07) is 18.7. The lowest BCUT2D eigenvalue weighted by Crippen LogP contribution is -2.44. The van der Waals surface area contributed by atoms with Crippen molar-refractivity contribution >= 4 is 27.3 Å². The predicted octanol–water partition coefficient (Wildman–Crippen LogP) is 5.55. The lowest BCUT2D eigenvalue weighted by atomic mass is 9.70. The Kier molecular flexibility index (Phi) is 6.10. The monoisotopic (exact) mass is 532 g/mol. The number of hydrogen-bond acceptors (Lipinski definition) is 6. The van der Waals surface area contributed by atoms with E-state index >= 15 is 0 Å². The molecule has 3 aromatic carbocycles. The van der Waals surface area contributed by atoms with Crippen molar-refractivity contribution < 1.29 is 22.7 Å². The van der Waals surface area contributed by atoms with Gasteiger partial charge in [-0.2, -0.15) is 0 Å². The summed E-state index contributed by atoms with van der Waals surface area (Å²) in [5, 5.41) is 0. The third-order valence-corrected chi connectivity index (χ3v) is 9.92. The molecule has 0 aromatic heterocycles. The quantitative estimate of drug-likeness (QED) is 0.414. The Hall–Kier alpha value is -3.52. The highest BCUT2D eigenvalue weighted by Gasteiger charge is 2.55. The van der Waals surface area contributed by atoms with Crippen molar-refractivity contribution in [2.24, 2.45) is 0 Å². The number of carbonyl (C=O) groups excluding carboxylic acids is 1. The lowest BCUT2D eigenvalue weighted by molar-refractivity contribution is -0.123. The van der Waals surface area contributed by atoms with E-state index in [0.717, 1.165) is 47.9 Å². The van der Waals surface area contributed by atoms with Crippen LogP contribution in [0.5, 0.6) is 11.5 Å². The van der Waals surface area contributed by atoms with Crippen molar-refractivity contribution in [3.8, 4) is 11.5 Å². The van der Waals surface area contributed by atoms with Crippen LogP contribution in [0.1, 0.15) is 55.7 Å². The predicted molar refractivity (Wildman–Crippen MR) is 146 cm³/mol. The maximum absolute atomic E-state index is 14.2. The Morgan fingerprint density at radius 2 is 1.63 bits per heavy atom. The summed E-state index contributed by atoms with van der Waals surface area (Å²) in [6.45, 7) is 3.89. The van der Waals surface area contributed by atoms with Crippen LogP contribution in [0.2, 0.25) is 0 Å². The molecule has 0 bridgehead atoms. The highest BCUT2D eigenvalue weighted by molar-refractivity contribution is 7.93. The van der Waals surface area contributed by atoms with E-state index in [0.29, 0.717) is 30.9 Å². The van der Waals surface area contributed by atoms with Gasteiger partial charge in [-0.3, -0.25) is 4.79 Å². The minimum atomic E-state index is -4.24. The molecule has 2 aliphatic heterocycles. The van der Waals surface area contributed by atoms with Crippen molar-refractivity contribution in [3.63, 3.8) is 0 Å². The van der Waals surface area contributed by atoms with Gasteiger partial charge < -0.3 is 14.4 Å². The van der Waals surface area contributed by atoms with Crippen LogP contribution in [0.25, 0.3) is 0 Å². The summed E-state index contributed by atoms with van der Waals surface area (Å²) in [4.78, 5) is 16.3. The van der Waals surface area contributed by atoms with Gasteiger partial charge in [0.1, 0.15) is 16.4 Å². The molecule has 3 aromatic rings. The number of fused-ring (bicyclic) bond motifs is 3. The van der Waals surface area contributed by atoms with E-state index in [1.54, 1.807) is 30.3 Å². The molecule has 7 nitrogen and oxygen atoms in total. The molecule has 0 N–H and O–H groups in total. The van der Waals surface area contributed by atoms with Gasteiger partial charge >= 0.3 is 0 Å². The van der Waals surface area contributed by atoms with Crippen molar-refractivity contribution in [2.75, 3.05) is 22.9 Å². The number of nitrogens with zero attached hydrogens (tertiary/aromatic N) is 2. The van der Waals surface area contributed by atoms with E-state index in [-0.39, 0.29) is 16.6 Å². The van der Waals surface area contributed by atoms with Crippen LogP contribution in [-0.2, 0) is 33.3 Å². The molecule has 6 rings (SSSR count). The largest absolute Gasteiger partial charge is 0.495 e. The van der Waals surface area contributed by atoms with Gasteiger partial charge in [0, 0.05) is 24.8 Å². The topological polar surface area (TPSA) is 76.2 Å². The zero-order valence-corrected chi connectivity index (χ0v) is 22.6. The maximum atomic E-state index is 14.2. The van der Waals surface area contributed by atoms with Crippen molar-refractivity contribution in [3.05, 3.63) is 77.4 Å². The molecule has 38 heavy (non-hydrogen) atoms. The Bertz CT molecular complexity index is 1490. The molecule has 3 aliphatic rings. The molecule has 2 heterocycles. The minimum absolute atomic E-state index is 0.0125. The third-order valence-electron chi connectivity index (χ3n) is 8.19. The fourth-order valence-corrected chi connectivity index (χ4v) is 7.95. The number of amides is 1. The molecule has 1 aliphatic carbocycles. The Labute approximate surface area is 224 Å². The van der Waals surface area contributed by atoms with E-state index < -0.39 is 15.4 Å². The van der Waals surface area contributed by atoms with Crippen LogP contribution >= 0.6 is 0 Å². The normalized spacial score (nSPS) is 18.0. The number of carbonyl (C=O) groups is 1. The average Bonchev–Trinajstić information content (AvgIpc) is 3.47. The van der Waals surface area contributed by atoms with Crippen LogP contribution in [0.3, 0.4) is 0 Å². The number of ether oxygens (including phenoxy) is 2. The highest BCUT2D eigenvalue weighted by Crippen LogP contribution is 2.53. The summed E-state index contributed by atoms with van der Waals surface area (Å²) >= 11 is 0. The van der Waals surface area contributed by atoms with Crippen LogP contribution in [0.4, 0.5) is 11.4 Å². The van der Waals surface area contributed by atoms with E-state index in [2.05, 4.69) is 17.0 Å². The van der Waals surface area contributed by atoms with E-state index in [1.807, 2.05) is 25.1 Å².